The molecule has 9 aromatic carbocycles. The van der Waals surface area contributed by atoms with E-state index >= 15 is 0 Å². The third-order valence-electron chi connectivity index (χ3n) is 11.2. The van der Waals surface area contributed by atoms with Crippen LogP contribution in [0.5, 0.6) is 0 Å². The molecule has 0 bridgehead atoms. The summed E-state index contributed by atoms with van der Waals surface area (Å²) in [5, 5.41) is 9.01. The molecular formula is C52H31NO3. The Morgan fingerprint density at radius 1 is 0.286 bits per heavy atom. The van der Waals surface area contributed by atoms with Crippen molar-refractivity contribution in [2.45, 2.75) is 0 Å². The van der Waals surface area contributed by atoms with Crippen molar-refractivity contribution in [3.63, 3.8) is 0 Å². The Kier molecular flexibility index (Phi) is 6.60. The Morgan fingerprint density at radius 2 is 0.768 bits per heavy atom. The summed E-state index contributed by atoms with van der Waals surface area (Å²) in [4.78, 5) is 2.36. The Labute approximate surface area is 321 Å². The summed E-state index contributed by atoms with van der Waals surface area (Å²) in [5.41, 5.74) is 13.0. The first-order chi connectivity index (χ1) is 27.7. The van der Waals surface area contributed by atoms with Gasteiger partial charge < -0.3 is 18.2 Å². The van der Waals surface area contributed by atoms with Crippen LogP contribution >= 0.6 is 0 Å². The molecule has 0 unspecified atom stereocenters. The van der Waals surface area contributed by atoms with Crippen LogP contribution in [0.4, 0.5) is 17.1 Å². The highest BCUT2D eigenvalue weighted by atomic mass is 16.3. The second-order valence-corrected chi connectivity index (χ2v) is 14.5. The molecule has 3 aromatic heterocycles. The van der Waals surface area contributed by atoms with Crippen LogP contribution in [0.15, 0.2) is 201 Å². The fraction of sp³-hybridized carbons (Fsp3) is 0. The summed E-state index contributed by atoms with van der Waals surface area (Å²) in [6.07, 6.45) is 0. The van der Waals surface area contributed by atoms with Gasteiger partial charge in [-0.2, -0.15) is 0 Å². The van der Waals surface area contributed by atoms with Crippen LogP contribution in [0.25, 0.3) is 98.8 Å². The molecule has 0 atom stereocenters. The highest BCUT2D eigenvalue weighted by Gasteiger charge is 2.20. The highest BCUT2D eigenvalue weighted by Crippen LogP contribution is 2.45. The van der Waals surface area contributed by atoms with Gasteiger partial charge in [-0.15, -0.1) is 0 Å². The van der Waals surface area contributed by atoms with Gasteiger partial charge in [0.1, 0.15) is 33.5 Å². The quantitative estimate of drug-likeness (QED) is 0.178. The maximum atomic E-state index is 6.40. The lowest BCUT2D eigenvalue weighted by atomic mass is 9.98. The molecule has 0 saturated heterocycles. The van der Waals surface area contributed by atoms with E-state index in [9.17, 15) is 0 Å². The lowest BCUT2D eigenvalue weighted by molar-refractivity contribution is 0.668. The van der Waals surface area contributed by atoms with Crippen molar-refractivity contribution in [1.82, 2.24) is 0 Å². The molecule has 0 amide bonds. The number of anilines is 3. The summed E-state index contributed by atoms with van der Waals surface area (Å²) in [7, 11) is 0. The van der Waals surface area contributed by atoms with Gasteiger partial charge in [0.05, 0.1) is 5.69 Å². The first kappa shape index (κ1) is 30.9. The number of furan rings is 3. The lowest BCUT2D eigenvalue weighted by Crippen LogP contribution is -2.11. The zero-order valence-corrected chi connectivity index (χ0v) is 30.1. The molecule has 0 aliphatic carbocycles. The molecular weight excluding hydrogens is 687 g/mol. The normalized spacial score (nSPS) is 11.9. The first-order valence-corrected chi connectivity index (χ1v) is 18.9. The van der Waals surface area contributed by atoms with Crippen LogP contribution in [0.1, 0.15) is 0 Å². The highest BCUT2D eigenvalue weighted by molar-refractivity contribution is 6.12. The van der Waals surface area contributed by atoms with Crippen LogP contribution < -0.4 is 4.90 Å². The standard InChI is InChI=1S/C52H31NO3/c1-2-10-34-30-52-44(27-33(34)9-1)43-29-36(20-25-50(43)56-52)39-11-3-6-14-46(39)53(38-23-26-51-45(31-38)41-13-5-8-16-48(41)55-51)37-21-17-32(18-22-37)35-19-24-49-42(28-35)40-12-4-7-15-47(40)54-49/h1-31H. The molecule has 12 rings (SSSR count). The Balaban J connectivity index is 1.03. The lowest BCUT2D eigenvalue weighted by Gasteiger charge is -2.28. The minimum Gasteiger partial charge on any atom is -0.456 e. The predicted octanol–water partition coefficient (Wildman–Crippen LogP) is 15.3. The summed E-state index contributed by atoms with van der Waals surface area (Å²) >= 11 is 0. The van der Waals surface area contributed by atoms with Gasteiger partial charge in [-0.1, -0.05) is 103 Å². The first-order valence-electron chi connectivity index (χ1n) is 18.9. The minimum absolute atomic E-state index is 0.866. The van der Waals surface area contributed by atoms with Gasteiger partial charge in [-0.05, 0) is 112 Å². The molecule has 0 saturated carbocycles. The molecule has 4 heteroatoms. The van der Waals surface area contributed by atoms with Crippen LogP contribution in [0, 0.1) is 0 Å². The number of fused-ring (bicyclic) bond motifs is 10. The minimum atomic E-state index is 0.866. The molecule has 262 valence electrons. The Hall–Kier alpha value is -7.56. The number of nitrogens with zero attached hydrogens (tertiary/aromatic N) is 1. The van der Waals surface area contributed by atoms with E-state index in [4.69, 9.17) is 13.3 Å². The zero-order valence-electron chi connectivity index (χ0n) is 30.1. The largest absolute Gasteiger partial charge is 0.456 e. The number of rotatable bonds is 5. The molecule has 0 aliphatic heterocycles. The molecule has 3 heterocycles. The van der Waals surface area contributed by atoms with Crippen molar-refractivity contribution in [3.8, 4) is 22.3 Å². The zero-order chi connectivity index (χ0) is 36.7. The van der Waals surface area contributed by atoms with Crippen molar-refractivity contribution in [1.29, 1.82) is 0 Å². The number of hydrogen-bond acceptors (Lipinski definition) is 4. The van der Waals surface area contributed by atoms with E-state index in [1.54, 1.807) is 0 Å². The van der Waals surface area contributed by atoms with Crippen LogP contribution in [-0.2, 0) is 0 Å². The SMILES string of the molecule is c1ccc(N(c2ccc(-c3ccc4oc5ccccc5c4c3)cc2)c2ccc3oc4ccccc4c3c2)c(-c2ccc3oc4cc5ccccc5cc4c3c2)c1. The van der Waals surface area contributed by atoms with Gasteiger partial charge in [0, 0.05) is 49.3 Å². The summed E-state index contributed by atoms with van der Waals surface area (Å²) < 4.78 is 18.8. The smallest absolute Gasteiger partial charge is 0.136 e. The van der Waals surface area contributed by atoms with Crippen molar-refractivity contribution in [2.75, 3.05) is 4.90 Å². The second-order valence-electron chi connectivity index (χ2n) is 14.5. The van der Waals surface area contributed by atoms with Crippen molar-refractivity contribution < 1.29 is 13.3 Å². The monoisotopic (exact) mass is 717 g/mol. The second kappa shape index (κ2) is 12.0. The van der Waals surface area contributed by atoms with Crippen molar-refractivity contribution >= 4 is 93.7 Å². The van der Waals surface area contributed by atoms with Crippen molar-refractivity contribution in [2.24, 2.45) is 0 Å². The Bertz CT molecular complexity index is 3490. The fourth-order valence-corrected chi connectivity index (χ4v) is 8.53. The summed E-state index contributed by atoms with van der Waals surface area (Å²) in [6.45, 7) is 0. The van der Waals surface area contributed by atoms with Gasteiger partial charge >= 0.3 is 0 Å². The fourth-order valence-electron chi connectivity index (χ4n) is 8.53. The van der Waals surface area contributed by atoms with Gasteiger partial charge in [-0.3, -0.25) is 0 Å². The van der Waals surface area contributed by atoms with E-state index in [1.165, 1.54) is 10.8 Å². The van der Waals surface area contributed by atoms with E-state index in [-0.39, 0.29) is 0 Å². The van der Waals surface area contributed by atoms with E-state index in [0.717, 1.165) is 105 Å². The van der Waals surface area contributed by atoms with E-state index in [0.29, 0.717) is 0 Å². The molecule has 0 spiro atoms. The molecule has 56 heavy (non-hydrogen) atoms. The van der Waals surface area contributed by atoms with E-state index in [2.05, 4.69) is 169 Å². The topological polar surface area (TPSA) is 42.7 Å². The van der Waals surface area contributed by atoms with Gasteiger partial charge in [0.2, 0.25) is 0 Å². The molecule has 0 radical (unpaired) electrons. The number of hydrogen-bond donors (Lipinski definition) is 0. The predicted molar refractivity (Wildman–Crippen MR) is 231 cm³/mol. The molecule has 0 fully saturated rings. The molecule has 4 nitrogen and oxygen atoms in total. The van der Waals surface area contributed by atoms with E-state index < -0.39 is 0 Å². The summed E-state index contributed by atoms with van der Waals surface area (Å²) in [5.74, 6) is 0. The Morgan fingerprint density at radius 3 is 1.52 bits per heavy atom. The van der Waals surface area contributed by atoms with Crippen molar-refractivity contribution in [3.05, 3.63) is 188 Å². The van der Waals surface area contributed by atoms with Gasteiger partial charge in [-0.25, -0.2) is 0 Å². The average molecular weight is 718 g/mol. The van der Waals surface area contributed by atoms with Gasteiger partial charge in [0.25, 0.3) is 0 Å². The third kappa shape index (κ3) is 4.79. The summed E-state index contributed by atoms with van der Waals surface area (Å²) in [6, 6.07) is 66.4. The number of benzene rings is 9. The third-order valence-corrected chi connectivity index (χ3v) is 11.2. The van der Waals surface area contributed by atoms with Crippen LogP contribution in [-0.4, -0.2) is 0 Å². The average Bonchev–Trinajstić information content (AvgIpc) is 3.93. The molecule has 0 N–H and O–H groups in total. The molecule has 12 aromatic rings. The van der Waals surface area contributed by atoms with Crippen LogP contribution in [0.3, 0.4) is 0 Å². The van der Waals surface area contributed by atoms with Crippen LogP contribution in [0.2, 0.25) is 0 Å². The van der Waals surface area contributed by atoms with Gasteiger partial charge in [0.15, 0.2) is 0 Å². The van der Waals surface area contributed by atoms with E-state index in [1.807, 2.05) is 24.3 Å². The maximum Gasteiger partial charge on any atom is 0.136 e. The maximum absolute atomic E-state index is 6.40. The number of para-hydroxylation sites is 3. The molecule has 0 aliphatic rings.